The molecule has 0 saturated carbocycles. The third-order valence-electron chi connectivity index (χ3n) is 1.95. The summed E-state index contributed by atoms with van der Waals surface area (Å²) in [6.07, 6.45) is 1.43. The Morgan fingerprint density at radius 3 is 2.67 bits per heavy atom. The van der Waals surface area contributed by atoms with Gasteiger partial charge in [0.2, 0.25) is 0 Å². The van der Waals surface area contributed by atoms with Crippen LogP contribution in [0.4, 0.5) is 0 Å². The van der Waals surface area contributed by atoms with Gasteiger partial charge in [0.25, 0.3) is 0 Å². The second-order valence-corrected chi connectivity index (χ2v) is 3.19. The Morgan fingerprint density at radius 1 is 1.40 bits per heavy atom. The van der Waals surface area contributed by atoms with Gasteiger partial charge in [-0.2, -0.15) is 0 Å². The second kappa shape index (κ2) is 5.86. The van der Waals surface area contributed by atoms with E-state index >= 15 is 0 Å². The van der Waals surface area contributed by atoms with Crippen molar-refractivity contribution in [3.8, 4) is 0 Å². The lowest BCUT2D eigenvalue weighted by molar-refractivity contribution is -0.134. The average Bonchev–Trinajstić information content (AvgIpc) is 2.27. The van der Waals surface area contributed by atoms with E-state index in [4.69, 9.17) is 0 Å². The van der Waals surface area contributed by atoms with Gasteiger partial charge in [-0.25, -0.2) is 4.79 Å². The van der Waals surface area contributed by atoms with E-state index in [0.717, 1.165) is 5.70 Å². The molecule has 3 nitrogen and oxygen atoms in total. The highest BCUT2D eigenvalue weighted by Gasteiger charge is 1.96. The highest BCUT2D eigenvalue weighted by molar-refractivity contribution is 5.82. The quantitative estimate of drug-likeness (QED) is 0.602. The molecule has 3 heteroatoms. The zero-order valence-corrected chi connectivity index (χ0v) is 8.99. The lowest BCUT2D eigenvalue weighted by atomic mass is 10.2. The van der Waals surface area contributed by atoms with Crippen molar-refractivity contribution in [1.82, 2.24) is 5.32 Å². The molecule has 1 N–H and O–H groups in total. The lowest BCUT2D eigenvalue weighted by Gasteiger charge is -2.05. The molecular weight excluding hydrogens is 190 g/mol. The van der Waals surface area contributed by atoms with Crippen LogP contribution in [0.15, 0.2) is 42.1 Å². The highest BCUT2D eigenvalue weighted by Crippen LogP contribution is 1.99. The summed E-state index contributed by atoms with van der Waals surface area (Å²) in [5.74, 6) is -0.340. The Hall–Kier alpha value is -1.77. The fraction of sp³-hybridized carbons (Fsp3) is 0.250. The monoisotopic (exact) mass is 205 g/mol. The van der Waals surface area contributed by atoms with Crippen LogP contribution in [0.5, 0.6) is 0 Å². The molecule has 0 amide bonds. The molecule has 1 aromatic carbocycles. The molecule has 0 fully saturated rings. The van der Waals surface area contributed by atoms with E-state index in [1.54, 1.807) is 0 Å². The number of carbonyl (C=O) groups excluding carboxylic acids is 1. The van der Waals surface area contributed by atoms with Gasteiger partial charge in [-0.15, -0.1) is 0 Å². The maximum atomic E-state index is 10.9. The van der Waals surface area contributed by atoms with E-state index in [9.17, 15) is 4.79 Å². The molecule has 0 aliphatic rings. The van der Waals surface area contributed by atoms with Crippen LogP contribution in [-0.2, 0) is 16.1 Å². The topological polar surface area (TPSA) is 38.3 Å². The minimum Gasteiger partial charge on any atom is -0.466 e. The first-order chi connectivity index (χ1) is 7.22. The van der Waals surface area contributed by atoms with E-state index in [0.29, 0.717) is 6.54 Å². The molecule has 0 spiro atoms. The summed E-state index contributed by atoms with van der Waals surface area (Å²) in [5.41, 5.74) is 1.97. The summed E-state index contributed by atoms with van der Waals surface area (Å²) in [7, 11) is 1.36. The number of hydrogen-bond donors (Lipinski definition) is 1. The normalized spacial score (nSPS) is 10.9. The second-order valence-electron chi connectivity index (χ2n) is 3.19. The molecule has 1 aromatic rings. The summed E-state index contributed by atoms with van der Waals surface area (Å²) < 4.78 is 4.52. The van der Waals surface area contributed by atoms with Crippen LogP contribution in [0.1, 0.15) is 12.5 Å². The van der Waals surface area contributed by atoms with Crippen molar-refractivity contribution in [2.75, 3.05) is 7.11 Å². The fourth-order valence-electron chi connectivity index (χ4n) is 1.12. The van der Waals surface area contributed by atoms with E-state index in [-0.39, 0.29) is 5.97 Å². The van der Waals surface area contributed by atoms with Gasteiger partial charge in [-0.1, -0.05) is 30.3 Å². The summed E-state index contributed by atoms with van der Waals surface area (Å²) in [4.78, 5) is 10.9. The molecule has 0 radical (unpaired) electrons. The molecule has 0 atom stereocenters. The van der Waals surface area contributed by atoms with Crippen LogP contribution in [-0.4, -0.2) is 13.1 Å². The van der Waals surface area contributed by atoms with Gasteiger partial charge in [0, 0.05) is 18.3 Å². The number of carbonyl (C=O) groups is 1. The maximum Gasteiger partial charge on any atom is 0.332 e. The van der Waals surface area contributed by atoms with Gasteiger partial charge in [-0.3, -0.25) is 0 Å². The summed E-state index contributed by atoms with van der Waals surface area (Å²) >= 11 is 0. The molecule has 80 valence electrons. The van der Waals surface area contributed by atoms with Gasteiger partial charge >= 0.3 is 5.97 Å². The average molecular weight is 205 g/mol. The first-order valence-corrected chi connectivity index (χ1v) is 4.76. The lowest BCUT2D eigenvalue weighted by Crippen LogP contribution is -2.12. The Bertz CT molecular complexity index is 344. The first kappa shape index (κ1) is 11.3. The van der Waals surface area contributed by atoms with Gasteiger partial charge < -0.3 is 10.1 Å². The third kappa shape index (κ3) is 4.31. The van der Waals surface area contributed by atoms with Crippen LogP contribution in [0.25, 0.3) is 0 Å². The van der Waals surface area contributed by atoms with Crippen LogP contribution in [0.3, 0.4) is 0 Å². The molecule has 0 unspecified atom stereocenters. The van der Waals surface area contributed by atoms with Crippen LogP contribution in [0, 0.1) is 0 Å². The predicted octanol–water partition coefficient (Wildman–Crippen LogP) is 1.85. The first-order valence-electron chi connectivity index (χ1n) is 4.76. The Morgan fingerprint density at radius 2 is 2.07 bits per heavy atom. The predicted molar refractivity (Wildman–Crippen MR) is 59.1 cm³/mol. The minimum absolute atomic E-state index is 0.340. The van der Waals surface area contributed by atoms with E-state index in [2.05, 4.69) is 10.1 Å². The molecule has 0 aromatic heterocycles. The zero-order valence-electron chi connectivity index (χ0n) is 8.99. The Labute approximate surface area is 89.8 Å². The number of benzene rings is 1. The SMILES string of the molecule is COC(=O)/C=C(/C)NCc1ccccc1. The highest BCUT2D eigenvalue weighted by atomic mass is 16.5. The Balaban J connectivity index is 2.44. The summed E-state index contributed by atoms with van der Waals surface area (Å²) in [6, 6.07) is 9.99. The molecule has 0 aliphatic heterocycles. The molecule has 15 heavy (non-hydrogen) atoms. The summed E-state index contributed by atoms with van der Waals surface area (Å²) in [5, 5.41) is 3.12. The maximum absolute atomic E-state index is 10.9. The van der Waals surface area contributed by atoms with Crippen LogP contribution >= 0.6 is 0 Å². The fourth-order valence-corrected chi connectivity index (χ4v) is 1.12. The third-order valence-corrected chi connectivity index (χ3v) is 1.95. The number of ether oxygens (including phenoxy) is 1. The van der Waals surface area contributed by atoms with Crippen LogP contribution in [0.2, 0.25) is 0 Å². The summed E-state index contributed by atoms with van der Waals surface area (Å²) in [6.45, 7) is 2.54. The molecule has 1 rings (SSSR count). The van der Waals surface area contributed by atoms with Crippen molar-refractivity contribution < 1.29 is 9.53 Å². The smallest absolute Gasteiger partial charge is 0.332 e. The van der Waals surface area contributed by atoms with E-state index in [1.165, 1.54) is 18.7 Å². The van der Waals surface area contributed by atoms with Crippen LogP contribution < -0.4 is 5.32 Å². The largest absolute Gasteiger partial charge is 0.466 e. The number of nitrogens with one attached hydrogen (secondary N) is 1. The zero-order chi connectivity index (χ0) is 11.1. The van der Waals surface area contributed by atoms with Gasteiger partial charge in [0.15, 0.2) is 0 Å². The number of methoxy groups -OCH3 is 1. The number of esters is 1. The van der Waals surface area contributed by atoms with Gasteiger partial charge in [0.05, 0.1) is 7.11 Å². The van der Waals surface area contributed by atoms with Gasteiger partial charge in [-0.05, 0) is 12.5 Å². The van der Waals surface area contributed by atoms with Crippen molar-refractivity contribution in [2.24, 2.45) is 0 Å². The number of hydrogen-bond acceptors (Lipinski definition) is 3. The minimum atomic E-state index is -0.340. The number of allylic oxidation sites excluding steroid dienone is 1. The molecule has 0 saturated heterocycles. The molecule has 0 heterocycles. The van der Waals surface area contributed by atoms with Crippen molar-refractivity contribution in [1.29, 1.82) is 0 Å². The van der Waals surface area contributed by atoms with Crippen molar-refractivity contribution >= 4 is 5.97 Å². The van der Waals surface area contributed by atoms with Crippen molar-refractivity contribution in [3.63, 3.8) is 0 Å². The molecule has 0 bridgehead atoms. The number of rotatable bonds is 4. The van der Waals surface area contributed by atoms with Crippen molar-refractivity contribution in [2.45, 2.75) is 13.5 Å². The Kier molecular flexibility index (Phi) is 4.41. The van der Waals surface area contributed by atoms with E-state index < -0.39 is 0 Å². The van der Waals surface area contributed by atoms with Crippen molar-refractivity contribution in [3.05, 3.63) is 47.7 Å². The standard InChI is InChI=1S/C12H15NO2/c1-10(8-12(14)15-2)13-9-11-6-4-3-5-7-11/h3-8,13H,9H2,1-2H3/b10-8-. The molecule has 0 aliphatic carbocycles. The van der Waals surface area contributed by atoms with E-state index in [1.807, 2.05) is 37.3 Å². The molecular formula is C12H15NO2. The van der Waals surface area contributed by atoms with Gasteiger partial charge in [0.1, 0.15) is 0 Å².